The standard InChI is InChI=1S/C14H21NO3S/c1-10-6-4-5-7-14(10)19(17,18)11-8-12(15(2)3)13(16)9-11/h4-7,11-13,16H,8-9H2,1-3H3. The van der Waals surface area contributed by atoms with Crippen molar-refractivity contribution < 1.29 is 13.5 Å². The lowest BCUT2D eigenvalue weighted by Crippen LogP contribution is -2.34. The molecule has 1 aromatic rings. The van der Waals surface area contributed by atoms with Gasteiger partial charge in [0.2, 0.25) is 0 Å². The number of sulfone groups is 1. The number of aliphatic hydroxyl groups excluding tert-OH is 1. The van der Waals surface area contributed by atoms with Crippen LogP contribution >= 0.6 is 0 Å². The van der Waals surface area contributed by atoms with Gasteiger partial charge in [-0.3, -0.25) is 0 Å². The van der Waals surface area contributed by atoms with Crippen LogP contribution in [-0.2, 0) is 9.84 Å². The molecule has 0 amide bonds. The van der Waals surface area contributed by atoms with E-state index in [1.54, 1.807) is 12.1 Å². The van der Waals surface area contributed by atoms with Gasteiger partial charge in [0.25, 0.3) is 0 Å². The van der Waals surface area contributed by atoms with Gasteiger partial charge < -0.3 is 10.0 Å². The topological polar surface area (TPSA) is 57.6 Å². The molecule has 1 saturated carbocycles. The predicted octanol–water partition coefficient (Wildman–Crippen LogP) is 1.22. The van der Waals surface area contributed by atoms with E-state index in [2.05, 4.69) is 0 Å². The first-order chi connectivity index (χ1) is 8.84. The highest BCUT2D eigenvalue weighted by Gasteiger charge is 2.41. The molecule has 1 N–H and O–H groups in total. The van der Waals surface area contributed by atoms with E-state index in [0.717, 1.165) is 5.56 Å². The summed E-state index contributed by atoms with van der Waals surface area (Å²) in [6.07, 6.45) is 0.239. The van der Waals surface area contributed by atoms with Crippen LogP contribution in [-0.4, -0.2) is 49.9 Å². The van der Waals surface area contributed by atoms with Crippen LogP contribution in [0.1, 0.15) is 18.4 Å². The fourth-order valence-electron chi connectivity index (χ4n) is 2.81. The molecule has 1 aliphatic carbocycles. The van der Waals surface area contributed by atoms with Gasteiger partial charge in [0.15, 0.2) is 9.84 Å². The molecule has 2 rings (SSSR count). The third kappa shape index (κ3) is 2.68. The number of nitrogens with zero attached hydrogens (tertiary/aromatic N) is 1. The molecule has 0 radical (unpaired) electrons. The molecule has 3 unspecified atom stereocenters. The third-order valence-corrected chi connectivity index (χ3v) is 6.29. The van der Waals surface area contributed by atoms with Crippen LogP contribution in [0.2, 0.25) is 0 Å². The quantitative estimate of drug-likeness (QED) is 0.906. The monoisotopic (exact) mass is 283 g/mol. The van der Waals surface area contributed by atoms with Crippen molar-refractivity contribution in [2.24, 2.45) is 0 Å². The van der Waals surface area contributed by atoms with E-state index in [1.807, 2.05) is 38.1 Å². The molecule has 3 atom stereocenters. The Kier molecular flexibility index (Phi) is 3.99. The molecular weight excluding hydrogens is 262 g/mol. The molecule has 0 aliphatic heterocycles. The predicted molar refractivity (Wildman–Crippen MR) is 74.9 cm³/mol. The van der Waals surface area contributed by atoms with E-state index in [-0.39, 0.29) is 6.04 Å². The van der Waals surface area contributed by atoms with Crippen molar-refractivity contribution in [2.75, 3.05) is 14.1 Å². The molecule has 1 aromatic carbocycles. The lowest BCUT2D eigenvalue weighted by atomic mass is 10.2. The maximum Gasteiger partial charge on any atom is 0.181 e. The van der Waals surface area contributed by atoms with E-state index in [9.17, 15) is 13.5 Å². The molecule has 1 aliphatic rings. The molecule has 0 bridgehead atoms. The zero-order chi connectivity index (χ0) is 14.2. The largest absolute Gasteiger partial charge is 0.391 e. The molecule has 106 valence electrons. The lowest BCUT2D eigenvalue weighted by Gasteiger charge is -2.22. The van der Waals surface area contributed by atoms with Crippen LogP contribution in [0.25, 0.3) is 0 Å². The van der Waals surface area contributed by atoms with Gasteiger partial charge in [-0.2, -0.15) is 0 Å². The highest BCUT2D eigenvalue weighted by molar-refractivity contribution is 7.92. The van der Waals surface area contributed by atoms with E-state index in [4.69, 9.17) is 0 Å². The van der Waals surface area contributed by atoms with Crippen LogP contribution in [0.3, 0.4) is 0 Å². The van der Waals surface area contributed by atoms with Crippen LogP contribution in [0.15, 0.2) is 29.2 Å². The lowest BCUT2D eigenvalue weighted by molar-refractivity contribution is 0.100. The summed E-state index contributed by atoms with van der Waals surface area (Å²) in [6.45, 7) is 1.81. The Balaban J connectivity index is 2.30. The summed E-state index contributed by atoms with van der Waals surface area (Å²) in [4.78, 5) is 2.30. The van der Waals surface area contributed by atoms with Crippen molar-refractivity contribution in [2.45, 2.75) is 42.1 Å². The smallest absolute Gasteiger partial charge is 0.181 e. The van der Waals surface area contributed by atoms with Gasteiger partial charge in [-0.25, -0.2) is 8.42 Å². The van der Waals surface area contributed by atoms with Gasteiger partial charge in [-0.15, -0.1) is 0 Å². The number of rotatable bonds is 3. The molecule has 0 saturated heterocycles. The van der Waals surface area contributed by atoms with Crippen LogP contribution in [0.4, 0.5) is 0 Å². The fraction of sp³-hybridized carbons (Fsp3) is 0.571. The molecule has 0 spiro atoms. The summed E-state index contributed by atoms with van der Waals surface area (Å²) in [6, 6.07) is 6.96. The minimum Gasteiger partial charge on any atom is -0.391 e. The van der Waals surface area contributed by atoms with Crippen LogP contribution < -0.4 is 0 Å². The molecule has 0 heterocycles. The Labute approximate surface area is 115 Å². The van der Waals surface area contributed by atoms with Crippen LogP contribution in [0.5, 0.6) is 0 Å². The molecule has 4 nitrogen and oxygen atoms in total. The number of aryl methyl sites for hydroxylation is 1. The molecule has 19 heavy (non-hydrogen) atoms. The zero-order valence-corrected chi connectivity index (χ0v) is 12.4. The second kappa shape index (κ2) is 5.23. The van der Waals surface area contributed by atoms with Crippen molar-refractivity contribution >= 4 is 9.84 Å². The number of aliphatic hydroxyl groups is 1. The minimum absolute atomic E-state index is 0.0798. The Bertz CT molecular complexity index is 554. The maximum atomic E-state index is 12.6. The van der Waals surface area contributed by atoms with Gasteiger partial charge >= 0.3 is 0 Å². The molecular formula is C14H21NO3S. The summed E-state index contributed by atoms with van der Waals surface area (Å²) < 4.78 is 25.3. The van der Waals surface area contributed by atoms with Crippen LogP contribution in [0, 0.1) is 6.92 Å². The van der Waals surface area contributed by atoms with Crippen molar-refractivity contribution in [3.63, 3.8) is 0 Å². The first kappa shape index (κ1) is 14.5. The van der Waals surface area contributed by atoms with Crippen molar-refractivity contribution in [1.82, 2.24) is 4.90 Å². The summed E-state index contributed by atoms with van der Waals surface area (Å²) in [5.74, 6) is 0. The summed E-state index contributed by atoms with van der Waals surface area (Å²) >= 11 is 0. The third-order valence-electron chi connectivity index (χ3n) is 3.96. The van der Waals surface area contributed by atoms with Gasteiger partial charge in [-0.05, 0) is 45.5 Å². The van der Waals surface area contributed by atoms with E-state index in [0.29, 0.717) is 17.7 Å². The molecule has 5 heteroatoms. The molecule has 1 fully saturated rings. The number of hydrogen-bond acceptors (Lipinski definition) is 4. The van der Waals surface area contributed by atoms with E-state index < -0.39 is 21.2 Å². The SMILES string of the molecule is Cc1ccccc1S(=O)(=O)C1CC(O)C(N(C)C)C1. The highest BCUT2D eigenvalue weighted by atomic mass is 32.2. The molecule has 0 aromatic heterocycles. The Morgan fingerprint density at radius 2 is 1.84 bits per heavy atom. The normalized spacial score (nSPS) is 27.9. The average molecular weight is 283 g/mol. The van der Waals surface area contributed by atoms with Crippen molar-refractivity contribution in [1.29, 1.82) is 0 Å². The van der Waals surface area contributed by atoms with Gasteiger partial charge in [-0.1, -0.05) is 18.2 Å². The number of likely N-dealkylation sites (N-methyl/N-ethyl adjacent to an activating group) is 1. The fourth-order valence-corrected chi connectivity index (χ4v) is 4.86. The van der Waals surface area contributed by atoms with E-state index >= 15 is 0 Å². The Morgan fingerprint density at radius 3 is 2.37 bits per heavy atom. The highest BCUT2D eigenvalue weighted by Crippen LogP contribution is 2.33. The zero-order valence-electron chi connectivity index (χ0n) is 11.6. The van der Waals surface area contributed by atoms with Crippen molar-refractivity contribution in [3.8, 4) is 0 Å². The summed E-state index contributed by atoms with van der Waals surface area (Å²) in [7, 11) is 0.388. The first-order valence-electron chi connectivity index (χ1n) is 6.48. The minimum atomic E-state index is -3.36. The number of hydrogen-bond donors (Lipinski definition) is 1. The van der Waals surface area contributed by atoms with Gasteiger partial charge in [0.05, 0.1) is 16.2 Å². The first-order valence-corrected chi connectivity index (χ1v) is 8.02. The van der Waals surface area contributed by atoms with Gasteiger partial charge in [0, 0.05) is 6.04 Å². The van der Waals surface area contributed by atoms with E-state index in [1.165, 1.54) is 0 Å². The summed E-state index contributed by atoms with van der Waals surface area (Å²) in [5.41, 5.74) is 0.769. The average Bonchev–Trinajstić information content (AvgIpc) is 2.72. The second-order valence-electron chi connectivity index (χ2n) is 5.50. The van der Waals surface area contributed by atoms with Gasteiger partial charge in [0.1, 0.15) is 0 Å². The Hall–Kier alpha value is -0.910. The summed E-state index contributed by atoms with van der Waals surface area (Å²) in [5, 5.41) is 9.51. The maximum absolute atomic E-state index is 12.6. The van der Waals surface area contributed by atoms with Crippen molar-refractivity contribution in [3.05, 3.63) is 29.8 Å². The Morgan fingerprint density at radius 1 is 1.21 bits per heavy atom. The second-order valence-corrected chi connectivity index (χ2v) is 7.70. The number of benzene rings is 1.